The number of hydrogen-bond donors (Lipinski definition) is 1. The molecule has 0 aliphatic heterocycles. The smallest absolute Gasteiger partial charge is 0.0414 e. The standard InChI is InChI=1S/C16H27BrN2/c1-6-9-19(13(4)5)16-8-7-15(17)10-14(16)11-18-12(2)3/h7-8,10,12-13,18H,6,9,11H2,1-5H3. The van der Waals surface area contributed by atoms with E-state index in [1.807, 2.05) is 0 Å². The van der Waals surface area contributed by atoms with Crippen molar-refractivity contribution in [3.63, 3.8) is 0 Å². The van der Waals surface area contributed by atoms with Crippen LogP contribution in [-0.2, 0) is 6.54 Å². The third kappa shape index (κ3) is 5.15. The summed E-state index contributed by atoms with van der Waals surface area (Å²) in [6, 6.07) is 7.64. The SMILES string of the molecule is CCCN(c1ccc(Br)cc1CNC(C)C)C(C)C. The lowest BCUT2D eigenvalue weighted by Gasteiger charge is -2.31. The predicted molar refractivity (Wildman–Crippen MR) is 88.9 cm³/mol. The highest BCUT2D eigenvalue weighted by atomic mass is 79.9. The molecule has 0 aliphatic carbocycles. The molecule has 0 bridgehead atoms. The van der Waals surface area contributed by atoms with E-state index in [2.05, 4.69) is 79.0 Å². The molecule has 1 aromatic carbocycles. The van der Waals surface area contributed by atoms with Crippen molar-refractivity contribution in [3.8, 4) is 0 Å². The maximum Gasteiger partial charge on any atom is 0.0414 e. The summed E-state index contributed by atoms with van der Waals surface area (Å²) in [7, 11) is 0. The van der Waals surface area contributed by atoms with Crippen molar-refractivity contribution in [2.75, 3.05) is 11.4 Å². The molecule has 0 spiro atoms. The number of anilines is 1. The summed E-state index contributed by atoms with van der Waals surface area (Å²) in [5.41, 5.74) is 2.72. The van der Waals surface area contributed by atoms with Gasteiger partial charge in [-0.1, -0.05) is 36.7 Å². The molecule has 0 heterocycles. The summed E-state index contributed by atoms with van der Waals surface area (Å²) in [6.07, 6.45) is 1.17. The van der Waals surface area contributed by atoms with E-state index >= 15 is 0 Å². The molecule has 1 N–H and O–H groups in total. The van der Waals surface area contributed by atoms with E-state index < -0.39 is 0 Å². The number of benzene rings is 1. The minimum Gasteiger partial charge on any atom is -0.369 e. The number of hydrogen-bond acceptors (Lipinski definition) is 2. The Kier molecular flexibility index (Phi) is 6.87. The number of nitrogens with one attached hydrogen (secondary N) is 1. The summed E-state index contributed by atoms with van der Waals surface area (Å²) < 4.78 is 1.15. The Labute approximate surface area is 126 Å². The van der Waals surface area contributed by atoms with Crippen molar-refractivity contribution in [2.24, 2.45) is 0 Å². The van der Waals surface area contributed by atoms with E-state index in [0.29, 0.717) is 12.1 Å². The van der Waals surface area contributed by atoms with Crippen LogP contribution < -0.4 is 10.2 Å². The number of rotatable bonds is 7. The lowest BCUT2D eigenvalue weighted by atomic mass is 10.1. The summed E-state index contributed by atoms with van der Waals surface area (Å²) >= 11 is 3.58. The van der Waals surface area contributed by atoms with Crippen LogP contribution in [-0.4, -0.2) is 18.6 Å². The van der Waals surface area contributed by atoms with Crippen molar-refractivity contribution in [2.45, 2.75) is 59.7 Å². The second-order valence-electron chi connectivity index (χ2n) is 5.60. The van der Waals surface area contributed by atoms with Crippen LogP contribution in [0.3, 0.4) is 0 Å². The van der Waals surface area contributed by atoms with E-state index in [1.165, 1.54) is 17.7 Å². The van der Waals surface area contributed by atoms with Gasteiger partial charge in [-0.05, 0) is 44.0 Å². The molecule has 3 heteroatoms. The molecule has 0 amide bonds. The number of halogens is 1. The van der Waals surface area contributed by atoms with Crippen LogP contribution in [0.5, 0.6) is 0 Å². The second kappa shape index (κ2) is 7.91. The largest absolute Gasteiger partial charge is 0.369 e. The van der Waals surface area contributed by atoms with E-state index in [9.17, 15) is 0 Å². The fraction of sp³-hybridized carbons (Fsp3) is 0.625. The molecular formula is C16H27BrN2. The monoisotopic (exact) mass is 326 g/mol. The highest BCUT2D eigenvalue weighted by molar-refractivity contribution is 9.10. The Balaban J connectivity index is 3.02. The molecule has 0 saturated heterocycles. The average Bonchev–Trinajstić information content (AvgIpc) is 2.34. The maximum absolute atomic E-state index is 3.58. The zero-order chi connectivity index (χ0) is 14.4. The predicted octanol–water partition coefficient (Wildman–Crippen LogP) is 4.57. The van der Waals surface area contributed by atoms with Crippen molar-refractivity contribution < 1.29 is 0 Å². The summed E-state index contributed by atoms with van der Waals surface area (Å²) in [4.78, 5) is 2.49. The van der Waals surface area contributed by atoms with Crippen molar-refractivity contribution in [3.05, 3.63) is 28.2 Å². The molecule has 0 unspecified atom stereocenters. The van der Waals surface area contributed by atoms with Crippen LogP contribution in [0, 0.1) is 0 Å². The van der Waals surface area contributed by atoms with Gasteiger partial charge in [0.1, 0.15) is 0 Å². The molecule has 0 saturated carbocycles. The highest BCUT2D eigenvalue weighted by Crippen LogP contribution is 2.26. The van der Waals surface area contributed by atoms with Crippen molar-refractivity contribution in [1.29, 1.82) is 0 Å². The quantitative estimate of drug-likeness (QED) is 0.789. The third-order valence-corrected chi connectivity index (χ3v) is 3.63. The first-order chi connectivity index (χ1) is 8.95. The summed E-state index contributed by atoms with van der Waals surface area (Å²) in [6.45, 7) is 13.1. The van der Waals surface area contributed by atoms with Gasteiger partial charge in [0.05, 0.1) is 0 Å². The Morgan fingerprint density at radius 3 is 2.42 bits per heavy atom. The Morgan fingerprint density at radius 1 is 1.21 bits per heavy atom. The highest BCUT2D eigenvalue weighted by Gasteiger charge is 2.14. The van der Waals surface area contributed by atoms with Crippen LogP contribution in [0.15, 0.2) is 22.7 Å². The van der Waals surface area contributed by atoms with Gasteiger partial charge in [-0.15, -0.1) is 0 Å². The van der Waals surface area contributed by atoms with Crippen LogP contribution in [0.25, 0.3) is 0 Å². The van der Waals surface area contributed by atoms with Gasteiger partial charge >= 0.3 is 0 Å². The van der Waals surface area contributed by atoms with Gasteiger partial charge in [-0.25, -0.2) is 0 Å². The number of nitrogens with zero attached hydrogens (tertiary/aromatic N) is 1. The maximum atomic E-state index is 3.58. The Hall–Kier alpha value is -0.540. The molecule has 0 fully saturated rings. The second-order valence-corrected chi connectivity index (χ2v) is 6.51. The van der Waals surface area contributed by atoms with Crippen LogP contribution in [0.2, 0.25) is 0 Å². The zero-order valence-corrected chi connectivity index (χ0v) is 14.4. The molecule has 108 valence electrons. The van der Waals surface area contributed by atoms with Gasteiger partial charge < -0.3 is 10.2 Å². The molecule has 0 atom stereocenters. The van der Waals surface area contributed by atoms with Crippen molar-refractivity contribution >= 4 is 21.6 Å². The van der Waals surface area contributed by atoms with Gasteiger partial charge in [-0.2, -0.15) is 0 Å². The van der Waals surface area contributed by atoms with Crippen LogP contribution in [0.1, 0.15) is 46.6 Å². The van der Waals surface area contributed by atoms with Gasteiger partial charge in [0, 0.05) is 35.3 Å². The van der Waals surface area contributed by atoms with E-state index in [4.69, 9.17) is 0 Å². The van der Waals surface area contributed by atoms with Crippen LogP contribution in [0.4, 0.5) is 5.69 Å². The molecule has 2 nitrogen and oxygen atoms in total. The first-order valence-corrected chi connectivity index (χ1v) is 8.03. The third-order valence-electron chi connectivity index (χ3n) is 3.14. The molecular weight excluding hydrogens is 300 g/mol. The van der Waals surface area contributed by atoms with Gasteiger partial charge in [-0.3, -0.25) is 0 Å². The fourth-order valence-electron chi connectivity index (χ4n) is 2.19. The first-order valence-electron chi connectivity index (χ1n) is 7.24. The fourth-order valence-corrected chi connectivity index (χ4v) is 2.60. The topological polar surface area (TPSA) is 15.3 Å². The lowest BCUT2D eigenvalue weighted by molar-refractivity contribution is 0.584. The average molecular weight is 327 g/mol. The Morgan fingerprint density at radius 2 is 1.89 bits per heavy atom. The molecule has 1 rings (SSSR count). The minimum atomic E-state index is 0.505. The van der Waals surface area contributed by atoms with E-state index in [0.717, 1.165) is 17.6 Å². The van der Waals surface area contributed by atoms with Crippen LogP contribution >= 0.6 is 15.9 Å². The van der Waals surface area contributed by atoms with E-state index in [1.54, 1.807) is 0 Å². The molecule has 19 heavy (non-hydrogen) atoms. The van der Waals surface area contributed by atoms with Gasteiger partial charge in [0.15, 0.2) is 0 Å². The zero-order valence-electron chi connectivity index (χ0n) is 12.8. The Bertz CT molecular complexity index is 388. The van der Waals surface area contributed by atoms with E-state index in [-0.39, 0.29) is 0 Å². The summed E-state index contributed by atoms with van der Waals surface area (Å²) in [5, 5.41) is 3.52. The lowest BCUT2D eigenvalue weighted by Crippen LogP contribution is -2.33. The van der Waals surface area contributed by atoms with Gasteiger partial charge in [0.2, 0.25) is 0 Å². The summed E-state index contributed by atoms with van der Waals surface area (Å²) in [5.74, 6) is 0. The minimum absolute atomic E-state index is 0.505. The first kappa shape index (κ1) is 16.5. The van der Waals surface area contributed by atoms with Gasteiger partial charge in [0.25, 0.3) is 0 Å². The molecule has 0 radical (unpaired) electrons. The molecule has 0 aliphatic rings. The van der Waals surface area contributed by atoms with Crippen molar-refractivity contribution in [1.82, 2.24) is 5.32 Å². The normalized spacial score (nSPS) is 11.4. The molecule has 1 aromatic rings. The molecule has 0 aromatic heterocycles.